The molecule has 0 spiro atoms. The number of benzene rings is 1. The molecule has 0 bridgehead atoms. The molecule has 4 aromatic rings. The monoisotopic (exact) mass is 430 g/mol. The van der Waals surface area contributed by atoms with Crippen LogP contribution in [0.4, 0.5) is 0 Å². The Balaban J connectivity index is 1.45. The molecule has 0 radical (unpaired) electrons. The average molecular weight is 431 g/mol. The summed E-state index contributed by atoms with van der Waals surface area (Å²) in [6, 6.07) is 18.3. The van der Waals surface area contributed by atoms with Crippen molar-refractivity contribution in [3.63, 3.8) is 0 Å². The molecule has 0 aliphatic rings. The fourth-order valence-corrected chi connectivity index (χ4v) is 4.61. The van der Waals surface area contributed by atoms with E-state index in [1.807, 2.05) is 56.4 Å². The maximum absolute atomic E-state index is 12.8. The lowest BCUT2D eigenvalue weighted by atomic mass is 10.1. The molecule has 0 aliphatic carbocycles. The van der Waals surface area contributed by atoms with E-state index in [4.69, 9.17) is 5.73 Å². The highest BCUT2D eigenvalue weighted by molar-refractivity contribution is 7.15. The number of carbonyl (C=O) groups is 1. The number of pyridine rings is 1. The van der Waals surface area contributed by atoms with Gasteiger partial charge in [0, 0.05) is 52.2 Å². The molecule has 0 unspecified atom stereocenters. The number of rotatable bonds is 7. The SMILES string of the molecule is Cc1cc(C(=O)NCc2ccc(CN)cc2)c(C)n1Cc1ccc(-c2cccnc2)s1. The van der Waals surface area contributed by atoms with Gasteiger partial charge in [-0.05, 0) is 49.2 Å². The molecule has 1 aromatic carbocycles. The molecule has 31 heavy (non-hydrogen) atoms. The summed E-state index contributed by atoms with van der Waals surface area (Å²) in [6.07, 6.45) is 3.67. The first-order valence-electron chi connectivity index (χ1n) is 10.3. The zero-order valence-electron chi connectivity index (χ0n) is 17.8. The Labute approximate surface area is 186 Å². The van der Waals surface area contributed by atoms with Gasteiger partial charge in [-0.25, -0.2) is 0 Å². The van der Waals surface area contributed by atoms with Gasteiger partial charge in [0.15, 0.2) is 0 Å². The number of nitrogens with zero attached hydrogens (tertiary/aromatic N) is 2. The average Bonchev–Trinajstić information content (AvgIpc) is 3.39. The summed E-state index contributed by atoms with van der Waals surface area (Å²) in [4.78, 5) is 19.5. The number of thiophene rings is 1. The van der Waals surface area contributed by atoms with Gasteiger partial charge in [-0.2, -0.15) is 0 Å². The first-order valence-corrected chi connectivity index (χ1v) is 11.1. The van der Waals surface area contributed by atoms with Crippen LogP contribution in [-0.4, -0.2) is 15.5 Å². The number of amides is 1. The van der Waals surface area contributed by atoms with Gasteiger partial charge in [-0.15, -0.1) is 11.3 Å². The molecular weight excluding hydrogens is 404 g/mol. The molecule has 3 heterocycles. The predicted octanol–water partition coefficient (Wildman–Crippen LogP) is 4.67. The number of aromatic nitrogens is 2. The quantitative estimate of drug-likeness (QED) is 0.448. The Bertz CT molecular complexity index is 1180. The van der Waals surface area contributed by atoms with Crippen molar-refractivity contribution < 1.29 is 4.79 Å². The van der Waals surface area contributed by atoms with Crippen LogP contribution in [0.1, 0.15) is 37.7 Å². The molecule has 3 aromatic heterocycles. The summed E-state index contributed by atoms with van der Waals surface area (Å²) in [5, 5.41) is 3.04. The molecule has 0 saturated carbocycles. The Hall–Kier alpha value is -3.22. The molecule has 0 atom stereocenters. The van der Waals surface area contributed by atoms with Gasteiger partial charge >= 0.3 is 0 Å². The van der Waals surface area contributed by atoms with Crippen molar-refractivity contribution in [3.8, 4) is 10.4 Å². The number of hydrogen-bond acceptors (Lipinski definition) is 4. The van der Waals surface area contributed by atoms with E-state index in [2.05, 4.69) is 33.1 Å². The molecule has 158 valence electrons. The molecule has 4 rings (SSSR count). The zero-order chi connectivity index (χ0) is 21.8. The van der Waals surface area contributed by atoms with Gasteiger partial charge in [-0.3, -0.25) is 9.78 Å². The zero-order valence-corrected chi connectivity index (χ0v) is 18.6. The Kier molecular flexibility index (Phi) is 6.30. The molecule has 3 N–H and O–H groups in total. The van der Waals surface area contributed by atoms with E-state index in [0.717, 1.165) is 40.2 Å². The van der Waals surface area contributed by atoms with Crippen LogP contribution in [0, 0.1) is 13.8 Å². The van der Waals surface area contributed by atoms with E-state index in [0.29, 0.717) is 13.1 Å². The van der Waals surface area contributed by atoms with Crippen LogP contribution >= 0.6 is 11.3 Å². The predicted molar refractivity (Wildman–Crippen MR) is 126 cm³/mol. The second-order valence-corrected chi connectivity index (χ2v) is 8.75. The number of nitrogens with two attached hydrogens (primary N) is 1. The maximum Gasteiger partial charge on any atom is 0.253 e. The lowest BCUT2D eigenvalue weighted by Crippen LogP contribution is -2.23. The van der Waals surface area contributed by atoms with E-state index in [1.54, 1.807) is 17.5 Å². The van der Waals surface area contributed by atoms with Crippen molar-refractivity contribution in [2.75, 3.05) is 0 Å². The standard InChI is InChI=1S/C25H26N4OS/c1-17-12-23(25(30)28-14-20-7-5-19(13-26)6-8-20)18(2)29(17)16-22-9-10-24(31-22)21-4-3-11-27-15-21/h3-12,15H,13-14,16,26H2,1-2H3,(H,28,30). The fraction of sp³-hybridized carbons (Fsp3) is 0.200. The summed E-state index contributed by atoms with van der Waals surface area (Å²) >= 11 is 1.76. The third-order valence-corrected chi connectivity index (χ3v) is 6.57. The van der Waals surface area contributed by atoms with E-state index in [-0.39, 0.29) is 5.91 Å². The van der Waals surface area contributed by atoms with Crippen molar-refractivity contribution in [2.24, 2.45) is 5.73 Å². The van der Waals surface area contributed by atoms with Crippen molar-refractivity contribution >= 4 is 17.2 Å². The molecule has 6 heteroatoms. The largest absolute Gasteiger partial charge is 0.348 e. The minimum atomic E-state index is -0.0514. The Morgan fingerprint density at radius 2 is 1.87 bits per heavy atom. The number of aryl methyl sites for hydroxylation is 1. The summed E-state index contributed by atoms with van der Waals surface area (Å²) < 4.78 is 2.20. The summed E-state index contributed by atoms with van der Waals surface area (Å²) in [5.41, 5.74) is 11.7. The third-order valence-electron chi connectivity index (χ3n) is 5.45. The van der Waals surface area contributed by atoms with Crippen LogP contribution in [-0.2, 0) is 19.6 Å². The lowest BCUT2D eigenvalue weighted by molar-refractivity contribution is 0.0950. The minimum absolute atomic E-state index is 0.0514. The highest BCUT2D eigenvalue weighted by Gasteiger charge is 2.16. The van der Waals surface area contributed by atoms with Crippen LogP contribution in [0.5, 0.6) is 0 Å². The van der Waals surface area contributed by atoms with E-state index in [1.165, 1.54) is 9.75 Å². The van der Waals surface area contributed by atoms with Gasteiger partial charge in [0.2, 0.25) is 0 Å². The Morgan fingerprint density at radius 1 is 1.10 bits per heavy atom. The summed E-state index contributed by atoms with van der Waals surface area (Å²) in [6.45, 7) is 5.81. The van der Waals surface area contributed by atoms with Crippen molar-refractivity contribution in [3.05, 3.63) is 99.9 Å². The maximum atomic E-state index is 12.8. The number of carbonyl (C=O) groups excluding carboxylic acids is 1. The Morgan fingerprint density at radius 3 is 2.58 bits per heavy atom. The molecular formula is C25H26N4OS. The second kappa shape index (κ2) is 9.29. The van der Waals surface area contributed by atoms with Crippen LogP contribution in [0.3, 0.4) is 0 Å². The topological polar surface area (TPSA) is 72.9 Å². The highest BCUT2D eigenvalue weighted by Crippen LogP contribution is 2.29. The summed E-state index contributed by atoms with van der Waals surface area (Å²) in [5.74, 6) is -0.0514. The van der Waals surface area contributed by atoms with Gasteiger partial charge in [-0.1, -0.05) is 30.3 Å². The normalized spacial score (nSPS) is 10.9. The molecule has 0 saturated heterocycles. The van der Waals surface area contributed by atoms with Crippen molar-refractivity contribution in [1.29, 1.82) is 0 Å². The highest BCUT2D eigenvalue weighted by atomic mass is 32.1. The van der Waals surface area contributed by atoms with Gasteiger partial charge < -0.3 is 15.6 Å². The van der Waals surface area contributed by atoms with Crippen LogP contribution in [0.2, 0.25) is 0 Å². The van der Waals surface area contributed by atoms with E-state index in [9.17, 15) is 4.79 Å². The van der Waals surface area contributed by atoms with Gasteiger partial charge in [0.1, 0.15) is 0 Å². The van der Waals surface area contributed by atoms with Crippen molar-refractivity contribution in [2.45, 2.75) is 33.5 Å². The number of nitrogens with one attached hydrogen (secondary N) is 1. The summed E-state index contributed by atoms with van der Waals surface area (Å²) in [7, 11) is 0. The number of hydrogen-bond donors (Lipinski definition) is 2. The molecule has 1 amide bonds. The lowest BCUT2D eigenvalue weighted by Gasteiger charge is -2.09. The first-order chi connectivity index (χ1) is 15.0. The van der Waals surface area contributed by atoms with E-state index < -0.39 is 0 Å². The molecule has 5 nitrogen and oxygen atoms in total. The van der Waals surface area contributed by atoms with Crippen molar-refractivity contribution in [1.82, 2.24) is 14.9 Å². The smallest absolute Gasteiger partial charge is 0.253 e. The molecule has 0 fully saturated rings. The third kappa shape index (κ3) is 4.76. The first kappa shape index (κ1) is 21.0. The van der Waals surface area contributed by atoms with Gasteiger partial charge in [0.05, 0.1) is 12.1 Å². The van der Waals surface area contributed by atoms with Gasteiger partial charge in [0.25, 0.3) is 5.91 Å². The van der Waals surface area contributed by atoms with Crippen LogP contribution in [0.25, 0.3) is 10.4 Å². The second-order valence-electron chi connectivity index (χ2n) is 7.58. The van der Waals surface area contributed by atoms with Crippen LogP contribution in [0.15, 0.2) is 67.0 Å². The van der Waals surface area contributed by atoms with Crippen LogP contribution < -0.4 is 11.1 Å². The minimum Gasteiger partial charge on any atom is -0.348 e. The van der Waals surface area contributed by atoms with E-state index >= 15 is 0 Å². The molecule has 0 aliphatic heterocycles. The fourth-order valence-electron chi connectivity index (χ4n) is 3.63.